The largest absolute Gasteiger partial charge is 0.394 e. The lowest BCUT2D eigenvalue weighted by Gasteiger charge is -2.41. The van der Waals surface area contributed by atoms with Gasteiger partial charge in [0.25, 0.3) is 5.91 Å². The third-order valence-corrected chi connectivity index (χ3v) is 10.7. The van der Waals surface area contributed by atoms with Crippen LogP contribution < -0.4 is 0 Å². The fourth-order valence-electron chi connectivity index (χ4n) is 7.22. The number of amides is 1. The molecule has 0 aromatic rings. The first-order chi connectivity index (χ1) is 24.5. The zero-order valence-corrected chi connectivity index (χ0v) is 32.9. The van der Waals surface area contributed by atoms with E-state index in [0.717, 1.165) is 44.9 Å². The van der Waals surface area contributed by atoms with Gasteiger partial charge < -0.3 is 30.1 Å². The maximum atomic E-state index is 13.6. The Morgan fingerprint density at radius 3 is 1.20 bits per heavy atom. The van der Waals surface area contributed by atoms with Crippen molar-refractivity contribution in [2.75, 3.05) is 19.7 Å². The van der Waals surface area contributed by atoms with Gasteiger partial charge in [-0.25, -0.2) is 0 Å². The van der Waals surface area contributed by atoms with Crippen LogP contribution in [0.4, 0.5) is 0 Å². The molecule has 1 rings (SSSR count). The average molecular weight is 710 g/mol. The van der Waals surface area contributed by atoms with E-state index in [1.807, 2.05) is 0 Å². The van der Waals surface area contributed by atoms with Crippen LogP contribution in [-0.4, -0.2) is 81.4 Å². The van der Waals surface area contributed by atoms with Crippen LogP contribution in [0.5, 0.6) is 0 Å². The van der Waals surface area contributed by atoms with Gasteiger partial charge in [-0.2, -0.15) is 0 Å². The lowest BCUT2D eigenvalue weighted by Crippen LogP contribution is -2.62. The van der Waals surface area contributed by atoms with Crippen molar-refractivity contribution in [3.63, 3.8) is 0 Å². The highest BCUT2D eigenvalue weighted by Crippen LogP contribution is 2.24. The third-order valence-electron chi connectivity index (χ3n) is 10.7. The molecule has 4 N–H and O–H groups in total. The summed E-state index contributed by atoms with van der Waals surface area (Å²) < 4.78 is 5.63. The molecule has 296 valence electrons. The van der Waals surface area contributed by atoms with E-state index in [9.17, 15) is 25.2 Å². The maximum absolute atomic E-state index is 13.6. The van der Waals surface area contributed by atoms with E-state index in [-0.39, 0.29) is 5.91 Å². The Morgan fingerprint density at radius 1 is 0.500 bits per heavy atom. The van der Waals surface area contributed by atoms with Gasteiger partial charge in [0, 0.05) is 13.1 Å². The fourth-order valence-corrected chi connectivity index (χ4v) is 7.22. The van der Waals surface area contributed by atoms with Gasteiger partial charge in [-0.15, -0.1) is 0 Å². The first-order valence-corrected chi connectivity index (χ1v) is 21.7. The molecule has 1 heterocycles. The summed E-state index contributed by atoms with van der Waals surface area (Å²) in [6, 6.07) is 0. The highest BCUT2D eigenvalue weighted by molar-refractivity contribution is 5.82. The van der Waals surface area contributed by atoms with Crippen molar-refractivity contribution in [3.8, 4) is 0 Å². The molecular formula is C43H83NO6. The maximum Gasteiger partial charge on any atom is 0.254 e. The van der Waals surface area contributed by atoms with Gasteiger partial charge >= 0.3 is 0 Å². The number of aliphatic hydroxyl groups is 4. The third kappa shape index (κ3) is 23.5. The zero-order valence-electron chi connectivity index (χ0n) is 32.9. The van der Waals surface area contributed by atoms with Crippen LogP contribution in [0.2, 0.25) is 0 Å². The van der Waals surface area contributed by atoms with Gasteiger partial charge in [0.2, 0.25) is 0 Å². The number of aliphatic hydroxyl groups excluding tert-OH is 4. The number of ether oxygens (including phenoxy) is 1. The van der Waals surface area contributed by atoms with Crippen LogP contribution in [0.25, 0.3) is 0 Å². The molecule has 0 aromatic carbocycles. The molecule has 0 aliphatic carbocycles. The summed E-state index contributed by atoms with van der Waals surface area (Å²) in [5.41, 5.74) is 0. The molecule has 0 radical (unpaired) electrons. The minimum Gasteiger partial charge on any atom is -0.394 e. The molecule has 1 saturated heterocycles. The molecule has 0 aromatic heterocycles. The minimum atomic E-state index is -1.53. The topological polar surface area (TPSA) is 110 Å². The Kier molecular flexibility index (Phi) is 31.8. The van der Waals surface area contributed by atoms with Crippen molar-refractivity contribution < 1.29 is 30.0 Å². The Labute approximate surface area is 309 Å². The summed E-state index contributed by atoms with van der Waals surface area (Å²) in [4.78, 5) is 15.3. The zero-order chi connectivity index (χ0) is 36.5. The van der Waals surface area contributed by atoms with Crippen molar-refractivity contribution in [2.45, 2.75) is 237 Å². The van der Waals surface area contributed by atoms with Gasteiger partial charge in [-0.3, -0.25) is 4.79 Å². The van der Waals surface area contributed by atoms with Crippen LogP contribution in [0.3, 0.4) is 0 Å². The summed E-state index contributed by atoms with van der Waals surface area (Å²) in [7, 11) is 0. The smallest absolute Gasteiger partial charge is 0.254 e. The molecule has 1 aliphatic rings. The summed E-state index contributed by atoms with van der Waals surface area (Å²) in [6.07, 6.45) is 35.8. The Balaban J connectivity index is 2.30. The first kappa shape index (κ1) is 47.0. The van der Waals surface area contributed by atoms with Gasteiger partial charge in [0.1, 0.15) is 24.4 Å². The van der Waals surface area contributed by atoms with E-state index in [4.69, 9.17) is 4.74 Å². The van der Waals surface area contributed by atoms with Gasteiger partial charge in [-0.05, 0) is 38.5 Å². The second kappa shape index (κ2) is 33.8. The van der Waals surface area contributed by atoms with E-state index < -0.39 is 37.1 Å². The summed E-state index contributed by atoms with van der Waals surface area (Å²) in [5, 5.41) is 40.7. The van der Waals surface area contributed by atoms with Crippen LogP contribution in [0.15, 0.2) is 12.2 Å². The van der Waals surface area contributed by atoms with E-state index >= 15 is 0 Å². The number of carbonyl (C=O) groups is 1. The van der Waals surface area contributed by atoms with Crippen molar-refractivity contribution in [1.29, 1.82) is 0 Å². The highest BCUT2D eigenvalue weighted by atomic mass is 16.5. The van der Waals surface area contributed by atoms with Gasteiger partial charge in [-0.1, -0.05) is 180 Å². The molecule has 7 nitrogen and oxygen atoms in total. The number of unbranched alkanes of at least 4 members (excludes halogenated alkanes) is 27. The fraction of sp³-hybridized carbons (Fsp3) is 0.930. The summed E-state index contributed by atoms with van der Waals surface area (Å²) >= 11 is 0. The predicted molar refractivity (Wildman–Crippen MR) is 209 cm³/mol. The Hall–Kier alpha value is -0.990. The Morgan fingerprint density at radius 2 is 0.840 bits per heavy atom. The molecule has 5 atom stereocenters. The van der Waals surface area contributed by atoms with Crippen LogP contribution in [0.1, 0.15) is 206 Å². The molecule has 1 aliphatic heterocycles. The molecule has 50 heavy (non-hydrogen) atoms. The monoisotopic (exact) mass is 710 g/mol. The quantitative estimate of drug-likeness (QED) is 0.0385. The highest BCUT2D eigenvalue weighted by Gasteiger charge is 2.47. The average Bonchev–Trinajstić information content (AvgIpc) is 3.12. The molecule has 1 fully saturated rings. The number of nitrogens with zero attached hydrogens (tertiary/aromatic N) is 1. The van der Waals surface area contributed by atoms with Crippen molar-refractivity contribution in [1.82, 2.24) is 4.90 Å². The molecule has 0 unspecified atom stereocenters. The number of hydrogen-bond donors (Lipinski definition) is 4. The molecular weight excluding hydrogens is 626 g/mol. The molecule has 0 spiro atoms. The van der Waals surface area contributed by atoms with Crippen LogP contribution in [0, 0.1) is 0 Å². The van der Waals surface area contributed by atoms with Crippen LogP contribution in [-0.2, 0) is 9.53 Å². The van der Waals surface area contributed by atoms with E-state index in [0.29, 0.717) is 13.1 Å². The van der Waals surface area contributed by atoms with E-state index in [1.165, 1.54) is 148 Å². The van der Waals surface area contributed by atoms with Crippen molar-refractivity contribution >= 4 is 5.91 Å². The number of rotatable bonds is 35. The standard InChI is InChI=1S/C43H83NO6/c1-3-5-7-9-11-13-15-17-19-21-23-25-27-29-31-33-35-44(43(49)42-41(48)40(47)39(46)38(37-45)50-42)36-34-32-30-28-26-24-22-20-18-16-14-12-10-8-6-4-2/h17,19,38-42,45-48H,3-16,18,20-37H2,1-2H3/t38-,39-,40+,41-,42-/m1/s1. The second-order valence-electron chi connectivity index (χ2n) is 15.3. The molecule has 0 bridgehead atoms. The molecule has 7 heteroatoms. The summed E-state index contributed by atoms with van der Waals surface area (Å²) in [6.45, 7) is 5.20. The summed E-state index contributed by atoms with van der Waals surface area (Å²) in [5.74, 6) is -0.351. The van der Waals surface area contributed by atoms with Gasteiger partial charge in [0.05, 0.1) is 6.61 Å². The van der Waals surface area contributed by atoms with Gasteiger partial charge in [0.15, 0.2) is 6.10 Å². The predicted octanol–water partition coefficient (Wildman–Crippen LogP) is 9.96. The number of carbonyl (C=O) groups excluding carboxylic acids is 1. The molecule has 1 amide bonds. The van der Waals surface area contributed by atoms with Crippen molar-refractivity contribution in [3.05, 3.63) is 12.2 Å². The van der Waals surface area contributed by atoms with E-state index in [1.54, 1.807) is 4.90 Å². The number of hydrogen-bond acceptors (Lipinski definition) is 6. The Bertz CT molecular complexity index is 776. The lowest BCUT2D eigenvalue weighted by atomic mass is 9.94. The van der Waals surface area contributed by atoms with Crippen molar-refractivity contribution in [2.24, 2.45) is 0 Å². The minimum absolute atomic E-state index is 0.351. The van der Waals surface area contributed by atoms with Crippen LogP contribution >= 0.6 is 0 Å². The SMILES string of the molecule is CCCCCCCCC=CCCCCCCCCN(CCCCCCCCCCCCCCCCCC)C(=O)[C@@H]1O[C@H](CO)[C@@H](O)[C@H](O)[C@H]1O. The lowest BCUT2D eigenvalue weighted by molar-refractivity contribution is -0.230. The molecule has 0 saturated carbocycles. The second-order valence-corrected chi connectivity index (χ2v) is 15.3. The first-order valence-electron chi connectivity index (χ1n) is 21.7. The number of allylic oxidation sites excluding steroid dienone is 2. The normalized spacial score (nSPS) is 21.0. The van der Waals surface area contributed by atoms with E-state index in [2.05, 4.69) is 26.0 Å².